The maximum atomic E-state index is 13.3. The molecular formula is C22H29N3O5S. The number of hydrogen-bond donors (Lipinski definition) is 0. The fourth-order valence-electron chi connectivity index (χ4n) is 4.56. The summed E-state index contributed by atoms with van der Waals surface area (Å²) in [5.41, 5.74) is 1.78. The fraction of sp³-hybridized carbons (Fsp3) is 0.545. The molecule has 2 saturated heterocycles. The van der Waals surface area contributed by atoms with Crippen LogP contribution in [0.4, 0.5) is 0 Å². The van der Waals surface area contributed by atoms with Crippen LogP contribution in [0, 0.1) is 13.8 Å². The number of rotatable bonds is 6. The molecule has 2 aromatic rings. The van der Waals surface area contributed by atoms with Crippen LogP contribution in [0.5, 0.6) is 5.75 Å². The van der Waals surface area contributed by atoms with Gasteiger partial charge in [0.15, 0.2) is 5.25 Å². The van der Waals surface area contributed by atoms with Crippen LogP contribution in [0.3, 0.4) is 0 Å². The highest BCUT2D eigenvalue weighted by Crippen LogP contribution is 2.41. The summed E-state index contributed by atoms with van der Waals surface area (Å²) in [7, 11) is -3.64. The lowest BCUT2D eigenvalue weighted by atomic mass is 10.1. The molecule has 3 atom stereocenters. The smallest absolute Gasteiger partial charge is 0.278 e. The molecule has 31 heavy (non-hydrogen) atoms. The zero-order valence-corrected chi connectivity index (χ0v) is 19.2. The maximum absolute atomic E-state index is 13.3. The van der Waals surface area contributed by atoms with Crippen LogP contribution in [0.25, 0.3) is 0 Å². The number of carbonyl (C=O) groups excluding carboxylic acids is 1. The normalized spacial score (nSPS) is 28.0. The molecule has 2 fully saturated rings. The van der Waals surface area contributed by atoms with Gasteiger partial charge in [-0.1, -0.05) is 23.4 Å². The van der Waals surface area contributed by atoms with E-state index in [0.29, 0.717) is 32.8 Å². The third-order valence-electron chi connectivity index (χ3n) is 6.51. The zero-order valence-electron chi connectivity index (χ0n) is 18.4. The Morgan fingerprint density at radius 2 is 1.97 bits per heavy atom. The van der Waals surface area contributed by atoms with Gasteiger partial charge in [-0.25, -0.2) is 0 Å². The van der Waals surface area contributed by atoms with Crippen molar-refractivity contribution < 1.29 is 22.8 Å². The van der Waals surface area contributed by atoms with Crippen LogP contribution in [-0.2, 0) is 25.8 Å². The lowest BCUT2D eigenvalue weighted by Gasteiger charge is -2.46. The average Bonchev–Trinajstić information content (AvgIpc) is 3.30. The fourth-order valence-corrected chi connectivity index (χ4v) is 6.73. The minimum absolute atomic E-state index is 0.305. The van der Waals surface area contributed by atoms with Crippen molar-refractivity contribution in [2.24, 2.45) is 0 Å². The summed E-state index contributed by atoms with van der Waals surface area (Å²) >= 11 is 0. The molecular weight excluding hydrogens is 418 g/mol. The van der Waals surface area contributed by atoms with E-state index in [1.807, 2.05) is 44.2 Å². The molecule has 2 aliphatic heterocycles. The minimum atomic E-state index is -3.64. The summed E-state index contributed by atoms with van der Waals surface area (Å²) in [5.74, 6) is 1.10. The number of aryl methyl sites for hydroxylation is 2. The van der Waals surface area contributed by atoms with Gasteiger partial charge in [0.25, 0.3) is 5.91 Å². The summed E-state index contributed by atoms with van der Waals surface area (Å²) < 4.78 is 36.2. The van der Waals surface area contributed by atoms with E-state index in [1.165, 1.54) is 13.8 Å². The highest BCUT2D eigenvalue weighted by Gasteiger charge is 2.63. The third-order valence-corrected chi connectivity index (χ3v) is 9.36. The molecule has 4 rings (SSSR count). The Kier molecular flexibility index (Phi) is 5.70. The van der Waals surface area contributed by atoms with Crippen molar-refractivity contribution >= 4 is 16.1 Å². The predicted octanol–water partition coefficient (Wildman–Crippen LogP) is 2.17. The van der Waals surface area contributed by atoms with Crippen LogP contribution in [0.15, 0.2) is 34.9 Å². The molecule has 9 heteroatoms. The molecule has 1 amide bonds. The van der Waals surface area contributed by atoms with E-state index >= 15 is 0 Å². The first-order valence-electron chi connectivity index (χ1n) is 10.5. The lowest BCUT2D eigenvalue weighted by Crippen LogP contribution is -2.68. The van der Waals surface area contributed by atoms with Crippen molar-refractivity contribution in [3.63, 3.8) is 0 Å². The van der Waals surface area contributed by atoms with E-state index < -0.39 is 26.3 Å². The van der Waals surface area contributed by atoms with E-state index in [4.69, 9.17) is 9.26 Å². The predicted molar refractivity (Wildman–Crippen MR) is 115 cm³/mol. The Labute approximate surface area is 183 Å². The third kappa shape index (κ3) is 3.79. The summed E-state index contributed by atoms with van der Waals surface area (Å²) in [6.07, 6.45) is 0. The van der Waals surface area contributed by atoms with Crippen molar-refractivity contribution in [1.82, 2.24) is 15.0 Å². The van der Waals surface area contributed by atoms with Crippen molar-refractivity contribution in [3.05, 3.63) is 47.3 Å². The monoisotopic (exact) mass is 447 g/mol. The Morgan fingerprint density at radius 3 is 2.61 bits per heavy atom. The molecule has 0 aliphatic carbocycles. The number of amides is 1. The first-order chi connectivity index (χ1) is 14.6. The Morgan fingerprint density at radius 1 is 1.26 bits per heavy atom. The molecule has 0 saturated carbocycles. The van der Waals surface area contributed by atoms with Gasteiger partial charge in [-0.15, -0.1) is 4.21 Å². The Bertz CT molecular complexity index is 986. The van der Waals surface area contributed by atoms with E-state index in [1.54, 1.807) is 4.90 Å². The number of ether oxygens (including phenoxy) is 1. The number of likely N-dealkylation sites (tertiary alicyclic amines) is 1. The first kappa shape index (κ1) is 22.0. The molecule has 168 valence electrons. The van der Waals surface area contributed by atoms with Gasteiger partial charge in [0, 0.05) is 25.2 Å². The van der Waals surface area contributed by atoms with Crippen LogP contribution in [0.1, 0.15) is 30.9 Å². The number of carbonyl (C=O) groups is 1. The molecule has 1 aromatic carbocycles. The standard InChI is InChI=1S/C22H29N3O5S/c1-15-18(16(2)30-23-15)12-24-13-19-20(14-24)31(27,28)22(3,4)21(26)25(19)10-11-29-17-8-6-5-7-9-17/h5-9,19-20H,10-14H2,1-4H3/t19-,20-/m0/s1. The van der Waals surface area contributed by atoms with Gasteiger partial charge in [0.05, 0.1) is 28.5 Å². The summed E-state index contributed by atoms with van der Waals surface area (Å²) in [5, 5.41) is 3.37. The Hall–Kier alpha value is -2.23. The molecule has 1 aromatic heterocycles. The van der Waals surface area contributed by atoms with Crippen LogP contribution < -0.4 is 4.74 Å². The molecule has 1 unspecified atom stereocenters. The maximum Gasteiger partial charge on any atom is 0.278 e. The van der Waals surface area contributed by atoms with Crippen LogP contribution in [-0.4, -0.2) is 67.7 Å². The van der Waals surface area contributed by atoms with Gasteiger partial charge >= 0.3 is 0 Å². The number of hydrogen-bond acceptors (Lipinski definition) is 7. The molecule has 8 nitrogen and oxygen atoms in total. The highest BCUT2D eigenvalue weighted by atomic mass is 32.3. The number of sulfone groups is 1. The first-order valence-corrected chi connectivity index (χ1v) is 12.0. The largest absolute Gasteiger partial charge is 0.614 e. The van der Waals surface area contributed by atoms with Gasteiger partial charge in [0.2, 0.25) is 4.75 Å². The molecule has 0 bridgehead atoms. The summed E-state index contributed by atoms with van der Waals surface area (Å²) in [4.78, 5) is 17.0. The van der Waals surface area contributed by atoms with Gasteiger partial charge in [0.1, 0.15) is 18.1 Å². The van der Waals surface area contributed by atoms with E-state index in [9.17, 15) is 13.6 Å². The van der Waals surface area contributed by atoms with Gasteiger partial charge in [-0.05, 0) is 39.8 Å². The zero-order chi connectivity index (χ0) is 22.4. The van der Waals surface area contributed by atoms with E-state index in [-0.39, 0.29) is 5.91 Å². The molecule has 0 spiro atoms. The average molecular weight is 448 g/mol. The number of benzene rings is 1. The topological polar surface area (TPSA) is 98.9 Å². The minimum Gasteiger partial charge on any atom is -0.614 e. The second-order valence-electron chi connectivity index (χ2n) is 8.82. The van der Waals surface area contributed by atoms with E-state index in [2.05, 4.69) is 10.1 Å². The summed E-state index contributed by atoms with van der Waals surface area (Å²) in [6, 6.07) is 9.00. The SMILES string of the molecule is Cc1noc(C)c1CN1C[C@H]2[C@H](C1)[S+](=O)([O-])C(C)(C)C(=O)N2CCOc1ccccc1. The van der Waals surface area contributed by atoms with Crippen LogP contribution >= 0.6 is 0 Å². The summed E-state index contributed by atoms with van der Waals surface area (Å²) in [6.45, 7) is 8.83. The van der Waals surface area contributed by atoms with Crippen molar-refractivity contribution in [2.75, 3.05) is 26.2 Å². The molecule has 3 heterocycles. The van der Waals surface area contributed by atoms with Gasteiger partial charge < -0.3 is 18.7 Å². The van der Waals surface area contributed by atoms with Crippen molar-refractivity contribution in [2.45, 2.75) is 50.3 Å². The van der Waals surface area contributed by atoms with Gasteiger partial charge in [-0.3, -0.25) is 9.69 Å². The van der Waals surface area contributed by atoms with Crippen molar-refractivity contribution in [1.29, 1.82) is 0 Å². The number of fused-ring (bicyclic) bond motifs is 1. The molecule has 0 N–H and O–H groups in total. The number of nitrogens with zero attached hydrogens (tertiary/aromatic N) is 3. The lowest BCUT2D eigenvalue weighted by molar-refractivity contribution is -0.137. The Balaban J connectivity index is 1.54. The second-order valence-corrected chi connectivity index (χ2v) is 11.5. The van der Waals surface area contributed by atoms with E-state index in [0.717, 1.165) is 22.8 Å². The van der Waals surface area contributed by atoms with Crippen LogP contribution in [0.2, 0.25) is 0 Å². The van der Waals surface area contributed by atoms with Gasteiger partial charge in [-0.2, -0.15) is 0 Å². The number of aromatic nitrogens is 1. The molecule has 0 radical (unpaired) electrons. The highest BCUT2D eigenvalue weighted by molar-refractivity contribution is 8.00. The van der Waals surface area contributed by atoms with Crippen molar-refractivity contribution in [3.8, 4) is 5.75 Å². The molecule has 2 aliphatic rings. The quantitative estimate of drug-likeness (QED) is 0.626. The number of para-hydroxylation sites is 1. The second kappa shape index (κ2) is 8.03.